The predicted octanol–water partition coefficient (Wildman–Crippen LogP) is 3.04. The van der Waals surface area contributed by atoms with E-state index in [0.29, 0.717) is 13.2 Å². The van der Waals surface area contributed by atoms with Crippen LogP contribution >= 0.6 is 0 Å². The van der Waals surface area contributed by atoms with Crippen molar-refractivity contribution in [2.45, 2.75) is 0 Å². The van der Waals surface area contributed by atoms with Crippen molar-refractivity contribution in [2.24, 2.45) is 0 Å². The average molecular weight is 355 g/mol. The molecule has 0 amide bonds. The molecule has 2 heterocycles. The molecule has 132 valence electrons. The summed E-state index contributed by atoms with van der Waals surface area (Å²) >= 11 is 0. The van der Waals surface area contributed by atoms with Gasteiger partial charge in [0.1, 0.15) is 5.75 Å². The monoisotopic (exact) mass is 355 g/mol. The Balaban J connectivity index is 1.94. The van der Waals surface area contributed by atoms with Crippen molar-refractivity contribution in [1.82, 2.24) is 4.98 Å². The Morgan fingerprint density at radius 3 is 2.36 bits per heavy atom. The van der Waals surface area contributed by atoms with Gasteiger partial charge in [-0.3, -0.25) is 10.1 Å². The van der Waals surface area contributed by atoms with Crippen LogP contribution in [0.1, 0.15) is 0 Å². The number of ether oxygens (including phenoxy) is 2. The Hall–Kier alpha value is -2.88. The molecule has 0 radical (unpaired) electrons. The van der Waals surface area contributed by atoms with Crippen molar-refractivity contribution in [3.05, 3.63) is 52.0 Å². The van der Waals surface area contributed by atoms with E-state index in [1.54, 1.807) is 0 Å². The molecule has 0 unspecified atom stereocenters. The summed E-state index contributed by atoms with van der Waals surface area (Å²) < 4.78 is 52.5. The zero-order chi connectivity index (χ0) is 18.0. The van der Waals surface area contributed by atoms with Gasteiger partial charge in [0.05, 0.1) is 18.1 Å². The molecule has 0 saturated carbocycles. The zero-order valence-electron chi connectivity index (χ0n) is 12.7. The lowest BCUT2D eigenvalue weighted by Gasteiger charge is -2.28. The zero-order valence-corrected chi connectivity index (χ0v) is 12.7. The lowest BCUT2D eigenvalue weighted by Crippen LogP contribution is -2.37. The van der Waals surface area contributed by atoms with Gasteiger partial charge in [-0.1, -0.05) is 0 Å². The van der Waals surface area contributed by atoms with Gasteiger partial charge in [-0.05, 0) is 12.1 Å². The number of halogens is 3. The molecule has 0 spiro atoms. The smallest absolute Gasteiger partial charge is 0.269 e. The first kappa shape index (κ1) is 17.0. The van der Waals surface area contributed by atoms with E-state index in [9.17, 15) is 23.3 Å². The van der Waals surface area contributed by atoms with Crippen LogP contribution in [-0.4, -0.2) is 36.2 Å². The summed E-state index contributed by atoms with van der Waals surface area (Å²) in [4.78, 5) is 14.7. The minimum Gasteiger partial charge on any atom is -0.451 e. The molecular weight excluding hydrogens is 343 g/mol. The molecular formula is C15H12F3N3O4. The first-order chi connectivity index (χ1) is 12.0. The average Bonchev–Trinajstić information content (AvgIpc) is 2.63. The number of benzene rings is 1. The number of nitro benzene ring substituents is 1. The summed E-state index contributed by atoms with van der Waals surface area (Å²) in [6.45, 7) is 1.15. The number of nitro groups is 1. The maximum atomic E-state index is 14.6. The predicted molar refractivity (Wildman–Crippen MR) is 80.3 cm³/mol. The van der Waals surface area contributed by atoms with Gasteiger partial charge in [-0.25, -0.2) is 0 Å². The largest absolute Gasteiger partial charge is 0.451 e. The summed E-state index contributed by atoms with van der Waals surface area (Å²) in [7, 11) is 0. The molecule has 1 fully saturated rings. The molecule has 0 bridgehead atoms. The number of anilines is 1. The van der Waals surface area contributed by atoms with Crippen LogP contribution in [-0.2, 0) is 4.74 Å². The van der Waals surface area contributed by atoms with Crippen LogP contribution in [0, 0.1) is 27.7 Å². The minimum absolute atomic E-state index is 0.0815. The number of aromatic nitrogens is 1. The highest BCUT2D eigenvalue weighted by atomic mass is 19.2. The van der Waals surface area contributed by atoms with E-state index in [0.717, 1.165) is 24.3 Å². The summed E-state index contributed by atoms with van der Waals surface area (Å²) in [5.41, 5.74) is -0.219. The van der Waals surface area contributed by atoms with Crippen LogP contribution in [0.4, 0.5) is 24.7 Å². The van der Waals surface area contributed by atoms with Gasteiger partial charge in [-0.15, -0.1) is 0 Å². The van der Waals surface area contributed by atoms with Gasteiger partial charge in [0.15, 0.2) is 5.82 Å². The van der Waals surface area contributed by atoms with E-state index < -0.39 is 28.3 Å². The van der Waals surface area contributed by atoms with Crippen molar-refractivity contribution in [3.8, 4) is 11.5 Å². The second-order valence-electron chi connectivity index (χ2n) is 5.14. The highest BCUT2D eigenvalue weighted by molar-refractivity contribution is 5.49. The topological polar surface area (TPSA) is 77.7 Å². The SMILES string of the molecule is O=[N+]([O-])c1ccc(Oc2c(F)c(F)nc(N3CCOCC3)c2F)cc1. The summed E-state index contributed by atoms with van der Waals surface area (Å²) in [5.74, 6) is -5.64. The van der Waals surface area contributed by atoms with Gasteiger partial charge in [0.25, 0.3) is 11.6 Å². The van der Waals surface area contributed by atoms with Gasteiger partial charge in [0.2, 0.25) is 17.4 Å². The van der Waals surface area contributed by atoms with Gasteiger partial charge >= 0.3 is 0 Å². The molecule has 1 aromatic heterocycles. The normalized spacial score (nSPS) is 14.4. The first-order valence-corrected chi connectivity index (χ1v) is 7.27. The van der Waals surface area contributed by atoms with E-state index in [4.69, 9.17) is 9.47 Å². The number of rotatable bonds is 4. The molecule has 1 aliphatic heterocycles. The van der Waals surface area contributed by atoms with E-state index in [1.165, 1.54) is 4.90 Å². The lowest BCUT2D eigenvalue weighted by atomic mass is 10.3. The molecule has 3 rings (SSSR count). The molecule has 1 aromatic carbocycles. The summed E-state index contributed by atoms with van der Waals surface area (Å²) in [6.07, 6.45) is 0. The highest BCUT2D eigenvalue weighted by Gasteiger charge is 2.27. The van der Waals surface area contributed by atoms with Gasteiger partial charge in [-0.2, -0.15) is 18.2 Å². The molecule has 1 saturated heterocycles. The fourth-order valence-corrected chi connectivity index (χ4v) is 2.31. The summed E-state index contributed by atoms with van der Waals surface area (Å²) in [5, 5.41) is 10.6. The maximum absolute atomic E-state index is 14.6. The molecule has 0 N–H and O–H groups in total. The van der Waals surface area contributed by atoms with Crippen molar-refractivity contribution >= 4 is 11.5 Å². The van der Waals surface area contributed by atoms with Crippen molar-refractivity contribution < 1.29 is 27.6 Å². The van der Waals surface area contributed by atoms with Crippen LogP contribution in [0.3, 0.4) is 0 Å². The van der Waals surface area contributed by atoms with Crippen molar-refractivity contribution in [2.75, 3.05) is 31.2 Å². The Bertz CT molecular complexity index is 796. The Morgan fingerprint density at radius 2 is 1.76 bits per heavy atom. The number of non-ortho nitro benzene ring substituents is 1. The fourth-order valence-electron chi connectivity index (χ4n) is 2.31. The van der Waals surface area contributed by atoms with Gasteiger partial charge < -0.3 is 14.4 Å². The van der Waals surface area contributed by atoms with Gasteiger partial charge in [0, 0.05) is 25.2 Å². The number of nitrogens with zero attached hydrogens (tertiary/aromatic N) is 3. The number of hydrogen-bond donors (Lipinski definition) is 0. The molecule has 0 atom stereocenters. The molecule has 7 nitrogen and oxygen atoms in total. The van der Waals surface area contributed by atoms with Crippen LogP contribution in [0.5, 0.6) is 11.5 Å². The van der Waals surface area contributed by atoms with E-state index in [1.807, 2.05) is 0 Å². The molecule has 10 heteroatoms. The highest BCUT2D eigenvalue weighted by Crippen LogP contribution is 2.34. The number of morpholine rings is 1. The first-order valence-electron chi connectivity index (χ1n) is 7.27. The maximum Gasteiger partial charge on any atom is 0.269 e. The van der Waals surface area contributed by atoms with Crippen molar-refractivity contribution in [3.63, 3.8) is 0 Å². The minimum atomic E-state index is -1.58. The lowest BCUT2D eigenvalue weighted by molar-refractivity contribution is -0.384. The third kappa shape index (κ3) is 3.48. The Morgan fingerprint density at radius 1 is 1.12 bits per heavy atom. The van der Waals surface area contributed by atoms with E-state index in [-0.39, 0.29) is 30.3 Å². The second kappa shape index (κ2) is 6.93. The standard InChI is InChI=1S/C15H12F3N3O4/c16-11-13(25-10-3-1-9(2-4-10)21(22)23)12(17)15(19-14(11)18)20-5-7-24-8-6-20/h1-4H,5-8H2. The Kier molecular flexibility index (Phi) is 4.70. The number of pyridine rings is 1. The number of hydrogen-bond acceptors (Lipinski definition) is 6. The molecule has 1 aliphatic rings. The molecule has 25 heavy (non-hydrogen) atoms. The second-order valence-corrected chi connectivity index (χ2v) is 5.14. The van der Waals surface area contributed by atoms with Crippen LogP contribution in [0.15, 0.2) is 24.3 Å². The van der Waals surface area contributed by atoms with E-state index >= 15 is 0 Å². The third-order valence-corrected chi connectivity index (χ3v) is 3.56. The van der Waals surface area contributed by atoms with Crippen LogP contribution in [0.2, 0.25) is 0 Å². The third-order valence-electron chi connectivity index (χ3n) is 3.56. The molecule has 2 aromatic rings. The van der Waals surface area contributed by atoms with Crippen molar-refractivity contribution in [1.29, 1.82) is 0 Å². The quantitative estimate of drug-likeness (QED) is 0.477. The molecule has 0 aliphatic carbocycles. The van der Waals surface area contributed by atoms with Crippen LogP contribution < -0.4 is 9.64 Å². The van der Waals surface area contributed by atoms with E-state index in [2.05, 4.69) is 4.98 Å². The summed E-state index contributed by atoms with van der Waals surface area (Å²) in [6, 6.07) is 4.52. The fraction of sp³-hybridized carbons (Fsp3) is 0.267. The Labute approximate surface area is 139 Å². The van der Waals surface area contributed by atoms with Crippen LogP contribution in [0.25, 0.3) is 0 Å².